The summed E-state index contributed by atoms with van der Waals surface area (Å²) in [4.78, 5) is 16.5. The molecule has 1 aliphatic carbocycles. The van der Waals surface area contributed by atoms with Crippen LogP contribution in [0, 0.1) is 11.8 Å². The average Bonchev–Trinajstić information content (AvgIpc) is 2.40. The summed E-state index contributed by atoms with van der Waals surface area (Å²) in [5, 5.41) is 9.58. The number of carboxylic acids is 1. The molecule has 0 spiro atoms. The number of hydrogen-bond acceptors (Lipinski definition) is 3. The van der Waals surface area contributed by atoms with Crippen molar-refractivity contribution in [1.82, 2.24) is 4.98 Å². The predicted octanol–water partition coefficient (Wildman–Crippen LogP) is 3.84. The highest BCUT2D eigenvalue weighted by Crippen LogP contribution is 2.41. The van der Waals surface area contributed by atoms with Gasteiger partial charge in [-0.05, 0) is 37.3 Å². The molecule has 3 nitrogen and oxygen atoms in total. The Bertz CT molecular complexity index is 410. The third-order valence-corrected chi connectivity index (χ3v) is 5.22. The van der Waals surface area contributed by atoms with E-state index in [1.165, 1.54) is 12.8 Å². The number of thioether (sulfide) groups is 1. The molecule has 0 saturated heterocycles. The Hall–Kier alpha value is -1.03. The van der Waals surface area contributed by atoms with Crippen LogP contribution in [-0.4, -0.2) is 21.3 Å². The summed E-state index contributed by atoms with van der Waals surface area (Å²) < 4.78 is 0. The Kier molecular flexibility index (Phi) is 5.25. The largest absolute Gasteiger partial charge is 0.481 e. The number of aliphatic carboxylic acids is 1. The normalized spacial score (nSPS) is 27.1. The fraction of sp³-hybridized carbons (Fsp3) is 0.600. The summed E-state index contributed by atoms with van der Waals surface area (Å²) in [6.07, 6.45) is 8.86. The first kappa shape index (κ1) is 14.4. The highest BCUT2D eigenvalue weighted by Gasteiger charge is 2.35. The lowest BCUT2D eigenvalue weighted by molar-refractivity contribution is -0.142. The first-order valence-electron chi connectivity index (χ1n) is 7.00. The van der Waals surface area contributed by atoms with E-state index >= 15 is 0 Å². The second kappa shape index (κ2) is 6.94. The minimum absolute atomic E-state index is 0.199. The maximum atomic E-state index is 11.4. The highest BCUT2D eigenvalue weighted by molar-refractivity contribution is 8.00. The summed E-state index contributed by atoms with van der Waals surface area (Å²) in [5.41, 5.74) is 0. The lowest BCUT2D eigenvalue weighted by Gasteiger charge is -2.33. The van der Waals surface area contributed by atoms with E-state index in [0.717, 1.165) is 24.2 Å². The monoisotopic (exact) mass is 279 g/mol. The van der Waals surface area contributed by atoms with Crippen molar-refractivity contribution >= 4 is 17.7 Å². The first-order valence-corrected chi connectivity index (χ1v) is 7.88. The molecule has 0 radical (unpaired) electrons. The highest BCUT2D eigenvalue weighted by atomic mass is 32.2. The SMILES string of the molecule is CCCC1CCC(C(=O)O)C(Sc2ccncc2)C1. The van der Waals surface area contributed by atoms with Gasteiger partial charge in [0.2, 0.25) is 0 Å². The third kappa shape index (κ3) is 3.96. The quantitative estimate of drug-likeness (QED) is 0.889. The molecule has 3 unspecified atom stereocenters. The number of rotatable bonds is 5. The summed E-state index contributed by atoms with van der Waals surface area (Å²) >= 11 is 1.71. The van der Waals surface area contributed by atoms with E-state index in [4.69, 9.17) is 0 Å². The standard InChI is InChI=1S/C15H21NO2S/c1-2-3-11-4-5-13(15(17)18)14(10-11)19-12-6-8-16-9-7-12/h6-9,11,13-14H,2-5,10H2,1H3,(H,17,18). The van der Waals surface area contributed by atoms with Crippen LogP contribution in [0.15, 0.2) is 29.4 Å². The van der Waals surface area contributed by atoms with Gasteiger partial charge in [0.1, 0.15) is 0 Å². The van der Waals surface area contributed by atoms with E-state index in [1.807, 2.05) is 12.1 Å². The van der Waals surface area contributed by atoms with Crippen LogP contribution in [-0.2, 0) is 4.79 Å². The molecule has 1 saturated carbocycles. The van der Waals surface area contributed by atoms with Crippen LogP contribution < -0.4 is 0 Å². The Morgan fingerprint density at radius 2 is 2.16 bits per heavy atom. The van der Waals surface area contributed by atoms with Gasteiger partial charge >= 0.3 is 5.97 Å². The van der Waals surface area contributed by atoms with Crippen LogP contribution in [0.3, 0.4) is 0 Å². The zero-order valence-corrected chi connectivity index (χ0v) is 12.1. The van der Waals surface area contributed by atoms with Crippen molar-refractivity contribution in [3.63, 3.8) is 0 Å². The van der Waals surface area contributed by atoms with Gasteiger partial charge in [-0.3, -0.25) is 9.78 Å². The van der Waals surface area contributed by atoms with E-state index in [0.29, 0.717) is 5.92 Å². The van der Waals surface area contributed by atoms with Crippen molar-refractivity contribution in [2.45, 2.75) is 49.2 Å². The van der Waals surface area contributed by atoms with Crippen LogP contribution in [0.2, 0.25) is 0 Å². The maximum Gasteiger partial charge on any atom is 0.307 e. The second-order valence-corrected chi connectivity index (χ2v) is 6.56. The van der Waals surface area contributed by atoms with Gasteiger partial charge in [-0.15, -0.1) is 11.8 Å². The molecule has 0 bridgehead atoms. The molecular formula is C15H21NO2S. The zero-order chi connectivity index (χ0) is 13.7. The minimum atomic E-state index is -0.637. The second-order valence-electron chi connectivity index (χ2n) is 5.25. The Balaban J connectivity index is 2.05. The van der Waals surface area contributed by atoms with Gasteiger partial charge in [0, 0.05) is 22.5 Å². The molecule has 1 N–H and O–H groups in total. The number of pyridine rings is 1. The Morgan fingerprint density at radius 1 is 1.42 bits per heavy atom. The van der Waals surface area contributed by atoms with Crippen LogP contribution >= 0.6 is 11.8 Å². The molecule has 1 aromatic heterocycles. The van der Waals surface area contributed by atoms with Crippen LogP contribution in [0.4, 0.5) is 0 Å². The van der Waals surface area contributed by atoms with E-state index in [2.05, 4.69) is 11.9 Å². The molecule has 1 heterocycles. The fourth-order valence-electron chi connectivity index (χ4n) is 2.89. The van der Waals surface area contributed by atoms with Gasteiger partial charge in [-0.1, -0.05) is 19.8 Å². The van der Waals surface area contributed by atoms with Gasteiger partial charge in [0.15, 0.2) is 0 Å². The molecular weight excluding hydrogens is 258 g/mol. The van der Waals surface area contributed by atoms with E-state index < -0.39 is 5.97 Å². The van der Waals surface area contributed by atoms with Crippen LogP contribution in [0.25, 0.3) is 0 Å². The van der Waals surface area contributed by atoms with Crippen LogP contribution in [0.1, 0.15) is 39.0 Å². The maximum absolute atomic E-state index is 11.4. The molecule has 0 amide bonds. The minimum Gasteiger partial charge on any atom is -0.481 e. The lowest BCUT2D eigenvalue weighted by atomic mass is 9.80. The summed E-state index contributed by atoms with van der Waals surface area (Å²) in [5.74, 6) is -0.146. The smallest absolute Gasteiger partial charge is 0.307 e. The Labute approximate surface area is 118 Å². The fourth-order valence-corrected chi connectivity index (χ4v) is 4.30. The summed E-state index contributed by atoms with van der Waals surface area (Å²) in [6.45, 7) is 2.20. The van der Waals surface area contributed by atoms with Crippen molar-refractivity contribution in [3.05, 3.63) is 24.5 Å². The first-order chi connectivity index (χ1) is 9.20. The van der Waals surface area contributed by atoms with Crippen molar-refractivity contribution < 1.29 is 9.90 Å². The summed E-state index contributed by atoms with van der Waals surface area (Å²) in [6, 6.07) is 3.93. The van der Waals surface area contributed by atoms with Gasteiger partial charge in [0.25, 0.3) is 0 Å². The molecule has 1 fully saturated rings. The third-order valence-electron chi connectivity index (χ3n) is 3.85. The van der Waals surface area contributed by atoms with E-state index in [-0.39, 0.29) is 11.2 Å². The van der Waals surface area contributed by atoms with Gasteiger partial charge in [-0.2, -0.15) is 0 Å². The number of hydrogen-bond donors (Lipinski definition) is 1. The van der Waals surface area contributed by atoms with Crippen molar-refractivity contribution in [1.29, 1.82) is 0 Å². The number of carboxylic acid groups (broad SMARTS) is 1. The Morgan fingerprint density at radius 3 is 2.79 bits per heavy atom. The average molecular weight is 279 g/mol. The topological polar surface area (TPSA) is 50.2 Å². The van der Waals surface area contributed by atoms with Crippen molar-refractivity contribution in [2.24, 2.45) is 11.8 Å². The molecule has 4 heteroatoms. The predicted molar refractivity (Wildman–Crippen MR) is 77.3 cm³/mol. The molecule has 104 valence electrons. The van der Waals surface area contributed by atoms with Crippen LogP contribution in [0.5, 0.6) is 0 Å². The van der Waals surface area contributed by atoms with Gasteiger partial charge in [0.05, 0.1) is 5.92 Å². The van der Waals surface area contributed by atoms with Crippen molar-refractivity contribution in [3.8, 4) is 0 Å². The van der Waals surface area contributed by atoms with E-state index in [1.54, 1.807) is 24.2 Å². The molecule has 19 heavy (non-hydrogen) atoms. The molecule has 3 atom stereocenters. The molecule has 0 aromatic carbocycles. The van der Waals surface area contributed by atoms with E-state index in [9.17, 15) is 9.90 Å². The van der Waals surface area contributed by atoms with Crippen molar-refractivity contribution in [2.75, 3.05) is 0 Å². The molecule has 0 aliphatic heterocycles. The number of aromatic nitrogens is 1. The van der Waals surface area contributed by atoms with Gasteiger partial charge in [-0.25, -0.2) is 0 Å². The lowest BCUT2D eigenvalue weighted by Crippen LogP contribution is -2.32. The molecule has 2 rings (SSSR count). The zero-order valence-electron chi connectivity index (χ0n) is 11.3. The van der Waals surface area contributed by atoms with Gasteiger partial charge < -0.3 is 5.11 Å². The number of nitrogens with zero attached hydrogens (tertiary/aromatic N) is 1. The molecule has 1 aromatic rings. The summed E-state index contributed by atoms with van der Waals surface area (Å²) in [7, 11) is 0. The number of carbonyl (C=O) groups is 1. The molecule has 1 aliphatic rings.